The molecule has 2 heterocycles. The van der Waals surface area contributed by atoms with Crippen LogP contribution in [-0.2, 0) is 11.8 Å². The lowest BCUT2D eigenvalue weighted by molar-refractivity contribution is -0.113. The minimum Gasteiger partial charge on any atom is -0.496 e. The van der Waals surface area contributed by atoms with Crippen molar-refractivity contribution in [3.05, 3.63) is 35.3 Å². The molecule has 25 heavy (non-hydrogen) atoms. The molecule has 0 aliphatic heterocycles. The summed E-state index contributed by atoms with van der Waals surface area (Å²) in [7, 11) is 3.49. The van der Waals surface area contributed by atoms with Crippen LogP contribution in [0.4, 0.5) is 5.13 Å². The Morgan fingerprint density at radius 3 is 2.88 bits per heavy atom. The van der Waals surface area contributed by atoms with E-state index in [0.717, 1.165) is 17.0 Å². The standard InChI is InChI=1S/C16H17N5O2S2/c1-10-8-24-15(17-10)18-13(22)9-25-16-20-19-14(21(16)2)11-6-4-5-7-12(11)23-3/h4-8H,9H2,1-3H3,(H,17,18,22). The van der Waals surface area contributed by atoms with E-state index in [9.17, 15) is 4.79 Å². The molecule has 0 fully saturated rings. The van der Waals surface area contributed by atoms with E-state index in [1.807, 2.05) is 48.2 Å². The number of aromatic nitrogens is 4. The fourth-order valence-electron chi connectivity index (χ4n) is 2.20. The molecule has 9 heteroatoms. The van der Waals surface area contributed by atoms with E-state index in [0.29, 0.717) is 16.1 Å². The van der Waals surface area contributed by atoms with E-state index in [1.54, 1.807) is 7.11 Å². The van der Waals surface area contributed by atoms with Gasteiger partial charge in [0.15, 0.2) is 16.1 Å². The van der Waals surface area contributed by atoms with Gasteiger partial charge in [-0.2, -0.15) is 0 Å². The highest BCUT2D eigenvalue weighted by Crippen LogP contribution is 2.30. The summed E-state index contributed by atoms with van der Waals surface area (Å²) in [6.45, 7) is 1.89. The summed E-state index contributed by atoms with van der Waals surface area (Å²) < 4.78 is 7.22. The van der Waals surface area contributed by atoms with Gasteiger partial charge in [-0.15, -0.1) is 21.5 Å². The predicted molar refractivity (Wildman–Crippen MR) is 99.2 cm³/mol. The van der Waals surface area contributed by atoms with Gasteiger partial charge in [0.25, 0.3) is 0 Å². The Kier molecular flexibility index (Phi) is 5.34. The maximum atomic E-state index is 12.0. The highest BCUT2D eigenvalue weighted by molar-refractivity contribution is 7.99. The van der Waals surface area contributed by atoms with Gasteiger partial charge in [0.2, 0.25) is 5.91 Å². The molecular formula is C16H17N5O2S2. The zero-order valence-corrected chi connectivity index (χ0v) is 15.6. The first-order valence-corrected chi connectivity index (χ1v) is 9.32. The third-order valence-electron chi connectivity index (χ3n) is 3.38. The average molecular weight is 375 g/mol. The van der Waals surface area contributed by atoms with E-state index in [1.165, 1.54) is 23.1 Å². The molecule has 0 spiro atoms. The fourth-order valence-corrected chi connectivity index (χ4v) is 3.62. The summed E-state index contributed by atoms with van der Waals surface area (Å²) in [5.74, 6) is 1.53. The summed E-state index contributed by atoms with van der Waals surface area (Å²) >= 11 is 2.73. The number of para-hydroxylation sites is 1. The van der Waals surface area contributed by atoms with E-state index in [2.05, 4.69) is 20.5 Å². The fraction of sp³-hybridized carbons (Fsp3) is 0.250. The van der Waals surface area contributed by atoms with Gasteiger partial charge in [-0.3, -0.25) is 4.79 Å². The van der Waals surface area contributed by atoms with Crippen molar-refractivity contribution >= 4 is 34.1 Å². The Morgan fingerprint density at radius 1 is 1.36 bits per heavy atom. The molecule has 0 saturated heterocycles. The molecule has 0 bridgehead atoms. The number of thioether (sulfide) groups is 1. The van der Waals surface area contributed by atoms with Crippen LogP contribution in [0.15, 0.2) is 34.8 Å². The Morgan fingerprint density at radius 2 is 2.16 bits per heavy atom. The molecule has 3 rings (SSSR count). The van der Waals surface area contributed by atoms with Gasteiger partial charge >= 0.3 is 0 Å². The molecule has 1 aromatic carbocycles. The van der Waals surface area contributed by atoms with E-state index >= 15 is 0 Å². The SMILES string of the molecule is COc1ccccc1-c1nnc(SCC(=O)Nc2nc(C)cs2)n1C. The normalized spacial score (nSPS) is 10.7. The van der Waals surface area contributed by atoms with Crippen molar-refractivity contribution < 1.29 is 9.53 Å². The van der Waals surface area contributed by atoms with Gasteiger partial charge in [-0.05, 0) is 19.1 Å². The third-order valence-corrected chi connectivity index (χ3v) is 5.28. The number of nitrogens with zero attached hydrogens (tertiary/aromatic N) is 4. The Bertz CT molecular complexity index is 890. The van der Waals surface area contributed by atoms with Crippen LogP contribution in [-0.4, -0.2) is 38.5 Å². The molecule has 3 aromatic rings. The lowest BCUT2D eigenvalue weighted by Crippen LogP contribution is -2.14. The number of anilines is 1. The molecule has 0 atom stereocenters. The second-order valence-corrected chi connectivity index (χ2v) is 7.00. The predicted octanol–water partition coefficient (Wildman–Crippen LogP) is 2.99. The molecule has 0 saturated carbocycles. The van der Waals surface area contributed by atoms with Crippen molar-refractivity contribution in [1.82, 2.24) is 19.7 Å². The second kappa shape index (κ2) is 7.66. The van der Waals surface area contributed by atoms with Crippen LogP contribution in [0.2, 0.25) is 0 Å². The zero-order valence-electron chi connectivity index (χ0n) is 14.0. The maximum Gasteiger partial charge on any atom is 0.236 e. The molecule has 1 amide bonds. The Labute approximate surface area is 153 Å². The third kappa shape index (κ3) is 3.99. The number of benzene rings is 1. The number of hydrogen-bond acceptors (Lipinski definition) is 7. The van der Waals surface area contributed by atoms with Crippen LogP contribution in [0.5, 0.6) is 5.75 Å². The molecule has 0 radical (unpaired) electrons. The number of aryl methyl sites for hydroxylation is 1. The smallest absolute Gasteiger partial charge is 0.236 e. The highest BCUT2D eigenvalue weighted by Gasteiger charge is 2.16. The van der Waals surface area contributed by atoms with Crippen LogP contribution in [0.1, 0.15) is 5.69 Å². The Hall–Kier alpha value is -2.39. The summed E-state index contributed by atoms with van der Waals surface area (Å²) in [6.07, 6.45) is 0. The first kappa shape index (κ1) is 17.4. The molecular weight excluding hydrogens is 358 g/mol. The lowest BCUT2D eigenvalue weighted by atomic mass is 10.2. The average Bonchev–Trinajstić information content (AvgIpc) is 3.18. The zero-order chi connectivity index (χ0) is 17.8. The van der Waals surface area contributed by atoms with Crippen molar-refractivity contribution in [1.29, 1.82) is 0 Å². The first-order chi connectivity index (χ1) is 12.1. The highest BCUT2D eigenvalue weighted by atomic mass is 32.2. The van der Waals surface area contributed by atoms with Gasteiger partial charge in [0.1, 0.15) is 5.75 Å². The van der Waals surface area contributed by atoms with E-state index in [-0.39, 0.29) is 11.7 Å². The van der Waals surface area contributed by atoms with Gasteiger partial charge in [0.05, 0.1) is 24.1 Å². The monoisotopic (exact) mass is 375 g/mol. The second-order valence-electron chi connectivity index (χ2n) is 5.20. The minimum absolute atomic E-state index is 0.124. The van der Waals surface area contributed by atoms with Crippen LogP contribution in [0, 0.1) is 6.92 Å². The summed E-state index contributed by atoms with van der Waals surface area (Å²) in [5, 5.41) is 14.3. The molecule has 2 aromatic heterocycles. The van der Waals surface area contributed by atoms with Crippen LogP contribution >= 0.6 is 23.1 Å². The number of amides is 1. The van der Waals surface area contributed by atoms with Gasteiger partial charge in [0, 0.05) is 12.4 Å². The van der Waals surface area contributed by atoms with E-state index < -0.39 is 0 Å². The largest absolute Gasteiger partial charge is 0.496 e. The first-order valence-electron chi connectivity index (χ1n) is 7.46. The summed E-state index contributed by atoms with van der Waals surface area (Å²) in [5.41, 5.74) is 1.75. The van der Waals surface area contributed by atoms with Crippen LogP contribution in [0.25, 0.3) is 11.4 Å². The minimum atomic E-state index is -0.124. The molecule has 1 N–H and O–H groups in total. The number of hydrogen-bond donors (Lipinski definition) is 1. The molecule has 7 nitrogen and oxygen atoms in total. The number of nitrogens with one attached hydrogen (secondary N) is 1. The number of thiazole rings is 1. The summed E-state index contributed by atoms with van der Waals surface area (Å²) in [6, 6.07) is 7.62. The molecule has 0 unspecified atom stereocenters. The number of ether oxygens (including phenoxy) is 1. The summed E-state index contributed by atoms with van der Waals surface area (Å²) in [4.78, 5) is 16.3. The Balaban J connectivity index is 1.68. The number of rotatable bonds is 6. The van der Waals surface area contributed by atoms with Crippen molar-refractivity contribution in [2.75, 3.05) is 18.2 Å². The van der Waals surface area contributed by atoms with Gasteiger partial charge < -0.3 is 14.6 Å². The maximum absolute atomic E-state index is 12.0. The van der Waals surface area contributed by atoms with Crippen LogP contribution < -0.4 is 10.1 Å². The quantitative estimate of drug-likeness (QED) is 0.667. The van der Waals surface area contributed by atoms with E-state index in [4.69, 9.17) is 4.74 Å². The molecule has 0 aliphatic carbocycles. The number of carbonyl (C=O) groups excluding carboxylic acids is 1. The van der Waals surface area contributed by atoms with Crippen LogP contribution in [0.3, 0.4) is 0 Å². The van der Waals surface area contributed by atoms with Crippen molar-refractivity contribution in [3.8, 4) is 17.1 Å². The van der Waals surface area contributed by atoms with Gasteiger partial charge in [-0.25, -0.2) is 4.98 Å². The topological polar surface area (TPSA) is 81.9 Å². The lowest BCUT2D eigenvalue weighted by Gasteiger charge is -2.08. The van der Waals surface area contributed by atoms with Crippen molar-refractivity contribution in [2.45, 2.75) is 12.1 Å². The van der Waals surface area contributed by atoms with Crippen molar-refractivity contribution in [3.63, 3.8) is 0 Å². The molecule has 130 valence electrons. The van der Waals surface area contributed by atoms with Gasteiger partial charge in [-0.1, -0.05) is 23.9 Å². The number of carbonyl (C=O) groups is 1. The molecule has 0 aliphatic rings. The number of methoxy groups -OCH3 is 1. The van der Waals surface area contributed by atoms with Crippen molar-refractivity contribution in [2.24, 2.45) is 7.05 Å².